The van der Waals surface area contributed by atoms with Crippen molar-refractivity contribution in [2.75, 3.05) is 0 Å². The first kappa shape index (κ1) is 22.0. The second-order valence-electron chi connectivity index (χ2n) is 5.57. The molecule has 4 heteroatoms. The van der Waals surface area contributed by atoms with E-state index >= 15 is 0 Å². The van der Waals surface area contributed by atoms with Crippen LogP contribution < -0.4 is 0 Å². The Bertz CT molecular complexity index is 448. The lowest BCUT2D eigenvalue weighted by Gasteiger charge is -1.97. The van der Waals surface area contributed by atoms with Crippen molar-refractivity contribution in [3.05, 3.63) is 58.3 Å². The van der Waals surface area contributed by atoms with E-state index in [-0.39, 0.29) is 4.92 Å². The predicted molar refractivity (Wildman–Crippen MR) is 100 cm³/mol. The largest absolute Gasteiger partial charge is 0.291 e. The van der Waals surface area contributed by atoms with Gasteiger partial charge in [-0.25, -0.2) is 0 Å². The third-order valence-corrected chi connectivity index (χ3v) is 3.45. The van der Waals surface area contributed by atoms with Crippen LogP contribution in [0.4, 0.5) is 0 Å². The van der Waals surface area contributed by atoms with Crippen LogP contribution in [0.5, 0.6) is 0 Å². The summed E-state index contributed by atoms with van der Waals surface area (Å²) in [4.78, 5) is 20.7. The standard InChI is InChI=1S/C20H30NO3/c1-2-3-14-17-20(21(23)24)18-15-12-10-8-6-4-5-7-9-11-13-16-19-22/h4,6-7,9-10,12,18H,2-3,5,8,11,13-17H2,1H3/b6-4+,9-7+,12-10+,20-18-. The van der Waals surface area contributed by atoms with E-state index in [1.807, 2.05) is 18.4 Å². The molecule has 4 nitrogen and oxygen atoms in total. The molecule has 0 N–H and O–H groups in total. The first-order valence-electron chi connectivity index (χ1n) is 8.85. The first-order valence-corrected chi connectivity index (χ1v) is 8.85. The van der Waals surface area contributed by atoms with Crippen molar-refractivity contribution < 1.29 is 9.72 Å². The zero-order valence-electron chi connectivity index (χ0n) is 14.8. The van der Waals surface area contributed by atoms with Gasteiger partial charge < -0.3 is 0 Å². The third-order valence-electron chi connectivity index (χ3n) is 3.45. The number of carbonyl (C=O) groups excluding carboxylic acids is 1. The predicted octanol–water partition coefficient (Wildman–Crippen LogP) is 5.85. The van der Waals surface area contributed by atoms with Crippen molar-refractivity contribution in [2.24, 2.45) is 0 Å². The second-order valence-corrected chi connectivity index (χ2v) is 5.57. The van der Waals surface area contributed by atoms with Gasteiger partial charge in [-0.05, 0) is 44.6 Å². The lowest BCUT2D eigenvalue weighted by atomic mass is 10.1. The van der Waals surface area contributed by atoms with Gasteiger partial charge in [0.1, 0.15) is 0 Å². The van der Waals surface area contributed by atoms with E-state index in [9.17, 15) is 14.9 Å². The van der Waals surface area contributed by atoms with Crippen molar-refractivity contribution >= 4 is 6.29 Å². The van der Waals surface area contributed by atoms with Gasteiger partial charge in [-0.2, -0.15) is 0 Å². The summed E-state index contributed by atoms with van der Waals surface area (Å²) in [5.74, 6) is 0. The Balaban J connectivity index is 3.85. The molecule has 133 valence electrons. The molecule has 0 aromatic heterocycles. The molecule has 1 radical (unpaired) electrons. The number of nitro groups is 1. The molecule has 0 aliphatic heterocycles. The molecule has 0 atom stereocenters. The van der Waals surface area contributed by atoms with Gasteiger partial charge in [-0.1, -0.05) is 56.2 Å². The minimum absolute atomic E-state index is 0.261. The molecule has 0 aliphatic rings. The Morgan fingerprint density at radius 3 is 2.17 bits per heavy atom. The zero-order chi connectivity index (χ0) is 17.9. The average Bonchev–Trinajstić information content (AvgIpc) is 2.57. The molecule has 0 aromatic rings. The minimum atomic E-state index is -0.261. The molecule has 0 aliphatic carbocycles. The van der Waals surface area contributed by atoms with E-state index in [4.69, 9.17) is 0 Å². The topological polar surface area (TPSA) is 60.2 Å². The molecule has 0 bridgehead atoms. The van der Waals surface area contributed by atoms with E-state index in [1.54, 1.807) is 6.08 Å². The fourth-order valence-electron chi connectivity index (χ4n) is 2.08. The van der Waals surface area contributed by atoms with Gasteiger partial charge in [-0.3, -0.25) is 14.9 Å². The fraction of sp³-hybridized carbons (Fsp3) is 0.550. The highest BCUT2D eigenvalue weighted by Crippen LogP contribution is 2.10. The molecular formula is C20H30NO3. The highest BCUT2D eigenvalue weighted by molar-refractivity contribution is 5.50. The highest BCUT2D eigenvalue weighted by atomic mass is 16.6. The van der Waals surface area contributed by atoms with Crippen LogP contribution in [0.1, 0.15) is 71.1 Å². The highest BCUT2D eigenvalue weighted by Gasteiger charge is 2.08. The van der Waals surface area contributed by atoms with E-state index in [1.165, 1.54) is 0 Å². The van der Waals surface area contributed by atoms with Crippen molar-refractivity contribution in [3.63, 3.8) is 0 Å². The molecular weight excluding hydrogens is 302 g/mol. The van der Waals surface area contributed by atoms with Crippen LogP contribution in [-0.4, -0.2) is 11.2 Å². The molecule has 0 heterocycles. The van der Waals surface area contributed by atoms with Gasteiger partial charge in [-0.15, -0.1) is 0 Å². The van der Waals surface area contributed by atoms with E-state index in [0.717, 1.165) is 44.9 Å². The second kappa shape index (κ2) is 17.4. The fourth-order valence-corrected chi connectivity index (χ4v) is 2.08. The lowest BCUT2D eigenvalue weighted by Crippen LogP contribution is -1.98. The van der Waals surface area contributed by atoms with Crippen molar-refractivity contribution in [2.45, 2.75) is 71.1 Å². The number of nitrogens with zero attached hydrogens (tertiary/aromatic N) is 1. The maximum absolute atomic E-state index is 10.9. The molecule has 0 aromatic carbocycles. The molecule has 0 spiro atoms. The maximum Gasteiger partial charge on any atom is 0.242 e. The van der Waals surface area contributed by atoms with Crippen LogP contribution in [0, 0.1) is 10.1 Å². The summed E-state index contributed by atoms with van der Waals surface area (Å²) < 4.78 is 0. The zero-order valence-corrected chi connectivity index (χ0v) is 14.8. The first-order chi connectivity index (χ1) is 11.7. The van der Waals surface area contributed by atoms with Gasteiger partial charge in [0.2, 0.25) is 5.70 Å². The van der Waals surface area contributed by atoms with Crippen LogP contribution in [-0.2, 0) is 4.79 Å². The van der Waals surface area contributed by atoms with Gasteiger partial charge in [0.15, 0.2) is 6.29 Å². The summed E-state index contributed by atoms with van der Waals surface area (Å²) in [6.45, 7) is 2.09. The summed E-state index contributed by atoms with van der Waals surface area (Å²) >= 11 is 0. The van der Waals surface area contributed by atoms with Crippen LogP contribution >= 0.6 is 0 Å². The smallest absolute Gasteiger partial charge is 0.242 e. The van der Waals surface area contributed by atoms with Crippen molar-refractivity contribution in [3.8, 4) is 0 Å². The van der Waals surface area contributed by atoms with Gasteiger partial charge in [0, 0.05) is 12.8 Å². The Morgan fingerprint density at radius 2 is 1.58 bits per heavy atom. The van der Waals surface area contributed by atoms with Gasteiger partial charge >= 0.3 is 0 Å². The minimum Gasteiger partial charge on any atom is -0.291 e. The number of rotatable bonds is 15. The third kappa shape index (κ3) is 14.9. The molecule has 0 fully saturated rings. The maximum atomic E-state index is 10.9. The molecule has 0 amide bonds. The van der Waals surface area contributed by atoms with Crippen LogP contribution in [0.15, 0.2) is 48.2 Å². The molecule has 0 saturated carbocycles. The van der Waals surface area contributed by atoms with Crippen LogP contribution in [0.2, 0.25) is 0 Å². The number of unbranched alkanes of at least 4 members (excludes halogenated alkanes) is 4. The summed E-state index contributed by atoms with van der Waals surface area (Å²) in [6.07, 6.45) is 24.1. The Kier molecular flexibility index (Phi) is 16.0. The number of hydrogen-bond acceptors (Lipinski definition) is 3. The summed E-state index contributed by atoms with van der Waals surface area (Å²) in [7, 11) is 0. The summed E-state index contributed by atoms with van der Waals surface area (Å²) in [6, 6.07) is 0. The van der Waals surface area contributed by atoms with E-state index in [2.05, 4.69) is 31.2 Å². The quantitative estimate of drug-likeness (QED) is 0.164. The Morgan fingerprint density at radius 1 is 0.958 bits per heavy atom. The summed E-state index contributed by atoms with van der Waals surface area (Å²) in [5.41, 5.74) is 0.334. The monoisotopic (exact) mass is 332 g/mol. The molecule has 0 unspecified atom stereocenters. The van der Waals surface area contributed by atoms with Gasteiger partial charge in [0.25, 0.3) is 0 Å². The van der Waals surface area contributed by atoms with Crippen molar-refractivity contribution in [1.82, 2.24) is 0 Å². The average molecular weight is 332 g/mol. The van der Waals surface area contributed by atoms with Crippen LogP contribution in [0.3, 0.4) is 0 Å². The van der Waals surface area contributed by atoms with Gasteiger partial charge in [0.05, 0.1) is 4.92 Å². The Hall–Kier alpha value is -1.97. The molecule has 0 rings (SSSR count). The lowest BCUT2D eigenvalue weighted by molar-refractivity contribution is -0.428. The van der Waals surface area contributed by atoms with Crippen LogP contribution in [0.25, 0.3) is 0 Å². The SMILES string of the molecule is CCCCC/C(=C/C/C=C/C/C=C/C/C=C/CCC[C]=O)[N+](=O)[O-]. The van der Waals surface area contributed by atoms with Crippen molar-refractivity contribution in [1.29, 1.82) is 0 Å². The molecule has 24 heavy (non-hydrogen) atoms. The number of allylic oxidation sites excluding steroid dienone is 8. The summed E-state index contributed by atoms with van der Waals surface area (Å²) in [5, 5.41) is 10.9. The van der Waals surface area contributed by atoms with E-state index in [0.29, 0.717) is 25.0 Å². The normalized spacial score (nSPS) is 12.6. The molecule has 0 saturated heterocycles. The number of hydrogen-bond donors (Lipinski definition) is 0. The van der Waals surface area contributed by atoms with E-state index < -0.39 is 0 Å². The Labute approximate surface area is 146 Å².